The Morgan fingerprint density at radius 2 is 1.79 bits per heavy atom. The molecule has 19 heavy (non-hydrogen) atoms. The zero-order valence-electron chi connectivity index (χ0n) is 12.4. The second kappa shape index (κ2) is 7.10. The van der Waals surface area contributed by atoms with Crippen LogP contribution in [0.3, 0.4) is 0 Å². The van der Waals surface area contributed by atoms with Gasteiger partial charge in [-0.25, -0.2) is 4.79 Å². The number of quaternary nitrogens is 2. The Balaban J connectivity index is 1.73. The van der Waals surface area contributed by atoms with Crippen LogP contribution in [0.4, 0.5) is 4.79 Å². The molecule has 0 spiro atoms. The minimum atomic E-state index is -0.129. The van der Waals surface area contributed by atoms with Crippen LogP contribution in [-0.4, -0.2) is 69.5 Å². The van der Waals surface area contributed by atoms with Gasteiger partial charge in [0.1, 0.15) is 26.2 Å². The van der Waals surface area contributed by atoms with Gasteiger partial charge in [-0.1, -0.05) is 0 Å². The van der Waals surface area contributed by atoms with E-state index in [0.29, 0.717) is 6.61 Å². The first-order valence-electron chi connectivity index (χ1n) is 7.84. The lowest BCUT2D eigenvalue weighted by molar-refractivity contribution is -1.02. The van der Waals surface area contributed by atoms with E-state index in [-0.39, 0.29) is 6.09 Å². The van der Waals surface area contributed by atoms with Gasteiger partial charge in [0.15, 0.2) is 0 Å². The molecule has 5 nitrogen and oxygen atoms in total. The van der Waals surface area contributed by atoms with Crippen molar-refractivity contribution in [1.29, 1.82) is 0 Å². The van der Waals surface area contributed by atoms with Gasteiger partial charge >= 0.3 is 6.09 Å². The number of hydrogen-bond acceptors (Lipinski definition) is 2. The number of piperazine rings is 1. The number of piperidine rings is 1. The van der Waals surface area contributed by atoms with Crippen LogP contribution < -0.4 is 9.80 Å². The summed E-state index contributed by atoms with van der Waals surface area (Å²) in [7, 11) is 0. The van der Waals surface area contributed by atoms with Gasteiger partial charge in [0.05, 0.1) is 19.2 Å². The minimum absolute atomic E-state index is 0.129. The third kappa shape index (κ3) is 3.83. The number of amides is 1. The lowest BCUT2D eigenvalue weighted by atomic mass is 10.0. The largest absolute Gasteiger partial charge is 0.450 e. The Kier molecular flexibility index (Phi) is 5.45. The van der Waals surface area contributed by atoms with Crippen LogP contribution >= 0.6 is 0 Å². The van der Waals surface area contributed by atoms with Gasteiger partial charge in [0, 0.05) is 25.9 Å². The average Bonchev–Trinajstić information content (AvgIpc) is 2.48. The maximum absolute atomic E-state index is 11.7. The van der Waals surface area contributed by atoms with Crippen molar-refractivity contribution >= 4 is 6.09 Å². The number of nitrogens with one attached hydrogen (secondary N) is 2. The summed E-state index contributed by atoms with van der Waals surface area (Å²) < 4.78 is 5.07. The molecule has 110 valence electrons. The van der Waals surface area contributed by atoms with Crippen molar-refractivity contribution in [3.8, 4) is 0 Å². The molecule has 0 bridgehead atoms. The molecular weight excluding hydrogens is 242 g/mol. The molecular formula is C14H29N3O2+2. The number of carbonyl (C=O) groups excluding carboxylic acids is 1. The Hall–Kier alpha value is -0.810. The molecule has 0 aromatic rings. The van der Waals surface area contributed by atoms with Gasteiger partial charge in [-0.15, -0.1) is 0 Å². The minimum Gasteiger partial charge on any atom is -0.450 e. The van der Waals surface area contributed by atoms with Gasteiger partial charge in [-0.05, 0) is 13.8 Å². The van der Waals surface area contributed by atoms with Gasteiger partial charge in [-0.3, -0.25) is 0 Å². The van der Waals surface area contributed by atoms with Gasteiger partial charge in [0.25, 0.3) is 0 Å². The topological polar surface area (TPSA) is 38.4 Å². The highest BCUT2D eigenvalue weighted by molar-refractivity contribution is 5.67. The first kappa shape index (κ1) is 14.6. The molecule has 0 aromatic carbocycles. The highest BCUT2D eigenvalue weighted by atomic mass is 16.6. The summed E-state index contributed by atoms with van der Waals surface area (Å²) >= 11 is 0. The fraction of sp³-hybridized carbons (Fsp3) is 0.929. The highest BCUT2D eigenvalue weighted by Gasteiger charge is 2.33. The number of carbonyl (C=O) groups is 1. The lowest BCUT2D eigenvalue weighted by Gasteiger charge is -2.38. The van der Waals surface area contributed by atoms with Crippen molar-refractivity contribution in [2.45, 2.75) is 32.7 Å². The summed E-state index contributed by atoms with van der Waals surface area (Å²) in [5.41, 5.74) is 0. The molecule has 2 saturated heterocycles. The molecule has 0 atom stereocenters. The van der Waals surface area contributed by atoms with Gasteiger partial charge in [0.2, 0.25) is 0 Å². The first-order chi connectivity index (χ1) is 9.24. The summed E-state index contributed by atoms with van der Waals surface area (Å²) in [4.78, 5) is 17.0. The fourth-order valence-corrected chi connectivity index (χ4v) is 3.37. The summed E-state index contributed by atoms with van der Waals surface area (Å²) in [6.07, 6.45) is 2.14. The SMILES string of the molecule is CCOC(=O)N1CCC([NH+]2CC[NH+](CC)CC2)CC1. The number of hydrogen-bond donors (Lipinski definition) is 2. The molecule has 2 aliphatic rings. The van der Waals surface area contributed by atoms with E-state index < -0.39 is 0 Å². The Bertz CT molecular complexity index is 282. The normalized spacial score (nSPS) is 29.3. The van der Waals surface area contributed by atoms with E-state index in [2.05, 4.69) is 6.92 Å². The van der Waals surface area contributed by atoms with Crippen LogP contribution in [0.5, 0.6) is 0 Å². The Morgan fingerprint density at radius 3 is 2.32 bits per heavy atom. The van der Waals surface area contributed by atoms with Crippen molar-refractivity contribution in [2.24, 2.45) is 0 Å². The molecule has 2 rings (SSSR count). The molecule has 0 saturated carbocycles. The summed E-state index contributed by atoms with van der Waals surface area (Å²) in [5, 5.41) is 0. The number of likely N-dealkylation sites (N-methyl/N-ethyl adjacent to an activating group) is 1. The Labute approximate surface area is 116 Å². The molecule has 1 amide bonds. The number of ether oxygens (including phenoxy) is 1. The van der Waals surface area contributed by atoms with Crippen LogP contribution in [-0.2, 0) is 4.74 Å². The standard InChI is InChI=1S/C14H27N3O2/c1-3-15-9-11-16(12-10-15)13-5-7-17(8-6-13)14(18)19-4-2/h13H,3-12H2,1-2H3/p+2. The number of nitrogens with zero attached hydrogens (tertiary/aromatic N) is 1. The van der Waals surface area contributed by atoms with Crippen molar-refractivity contribution < 1.29 is 19.3 Å². The van der Waals surface area contributed by atoms with E-state index in [1.54, 1.807) is 9.80 Å². The van der Waals surface area contributed by atoms with Crippen molar-refractivity contribution in [3.05, 3.63) is 0 Å². The zero-order valence-corrected chi connectivity index (χ0v) is 12.4. The van der Waals surface area contributed by atoms with Gasteiger partial charge in [-0.2, -0.15) is 0 Å². The van der Waals surface area contributed by atoms with E-state index in [1.165, 1.54) is 32.7 Å². The molecule has 0 radical (unpaired) electrons. The fourth-order valence-electron chi connectivity index (χ4n) is 3.37. The zero-order chi connectivity index (χ0) is 13.7. The van der Waals surface area contributed by atoms with Crippen LogP contribution in [0.15, 0.2) is 0 Å². The van der Waals surface area contributed by atoms with Crippen LogP contribution in [0.2, 0.25) is 0 Å². The van der Waals surface area contributed by atoms with Crippen LogP contribution in [0, 0.1) is 0 Å². The third-order valence-corrected chi connectivity index (χ3v) is 4.70. The monoisotopic (exact) mass is 271 g/mol. The second-order valence-corrected chi connectivity index (χ2v) is 5.72. The first-order valence-corrected chi connectivity index (χ1v) is 7.84. The Morgan fingerprint density at radius 1 is 1.16 bits per heavy atom. The van der Waals surface area contributed by atoms with E-state index in [1.807, 2.05) is 11.8 Å². The van der Waals surface area contributed by atoms with Crippen molar-refractivity contribution in [2.75, 3.05) is 52.4 Å². The number of rotatable bonds is 3. The second-order valence-electron chi connectivity index (χ2n) is 5.72. The van der Waals surface area contributed by atoms with Crippen LogP contribution in [0.1, 0.15) is 26.7 Å². The predicted molar refractivity (Wildman–Crippen MR) is 73.6 cm³/mol. The van der Waals surface area contributed by atoms with E-state index in [9.17, 15) is 4.79 Å². The predicted octanol–water partition coefficient (Wildman–Crippen LogP) is -1.59. The summed E-state index contributed by atoms with van der Waals surface area (Å²) in [6, 6.07) is 0.754. The maximum Gasteiger partial charge on any atom is 0.409 e. The smallest absolute Gasteiger partial charge is 0.409 e. The lowest BCUT2D eigenvalue weighted by Crippen LogP contribution is -3.29. The van der Waals surface area contributed by atoms with E-state index in [0.717, 1.165) is 32.0 Å². The molecule has 5 heteroatoms. The van der Waals surface area contributed by atoms with E-state index in [4.69, 9.17) is 4.74 Å². The molecule has 2 aliphatic heterocycles. The quantitative estimate of drug-likeness (QED) is 0.650. The molecule has 2 N–H and O–H groups in total. The molecule has 2 heterocycles. The molecule has 0 aromatic heterocycles. The average molecular weight is 271 g/mol. The van der Waals surface area contributed by atoms with Crippen LogP contribution in [0.25, 0.3) is 0 Å². The van der Waals surface area contributed by atoms with Gasteiger partial charge < -0.3 is 19.4 Å². The third-order valence-electron chi connectivity index (χ3n) is 4.70. The highest BCUT2D eigenvalue weighted by Crippen LogP contribution is 2.09. The van der Waals surface area contributed by atoms with Crippen molar-refractivity contribution in [3.63, 3.8) is 0 Å². The molecule has 2 fully saturated rings. The maximum atomic E-state index is 11.7. The molecule has 0 aliphatic carbocycles. The summed E-state index contributed by atoms with van der Waals surface area (Å²) in [5.74, 6) is 0. The van der Waals surface area contributed by atoms with E-state index >= 15 is 0 Å². The molecule has 0 unspecified atom stereocenters. The number of likely N-dealkylation sites (tertiary alicyclic amines) is 1. The van der Waals surface area contributed by atoms with Crippen molar-refractivity contribution in [1.82, 2.24) is 4.90 Å². The summed E-state index contributed by atoms with van der Waals surface area (Å²) in [6.45, 7) is 12.8.